The third kappa shape index (κ3) is 5.13. The van der Waals surface area contributed by atoms with E-state index in [2.05, 4.69) is 0 Å². The van der Waals surface area contributed by atoms with E-state index in [0.29, 0.717) is 19.5 Å². The summed E-state index contributed by atoms with van der Waals surface area (Å²) in [7, 11) is -3.45. The van der Waals surface area contributed by atoms with Gasteiger partial charge in [-0.2, -0.15) is 4.31 Å². The number of aliphatic carboxylic acids is 1. The van der Waals surface area contributed by atoms with Crippen molar-refractivity contribution in [1.82, 2.24) is 4.31 Å². The lowest BCUT2D eigenvalue weighted by Crippen LogP contribution is -2.31. The zero-order valence-corrected chi connectivity index (χ0v) is 13.4. The molecule has 0 spiro atoms. The zero-order valence-electron chi connectivity index (χ0n) is 12.6. The Labute approximate surface area is 126 Å². The minimum atomic E-state index is -3.45. The summed E-state index contributed by atoms with van der Waals surface area (Å²) in [5.74, 6) is -0.858. The van der Waals surface area contributed by atoms with Crippen LogP contribution in [0.2, 0.25) is 0 Å². The Morgan fingerprint density at radius 3 is 2.29 bits per heavy atom. The Morgan fingerprint density at radius 2 is 1.81 bits per heavy atom. The molecule has 1 aromatic rings. The van der Waals surface area contributed by atoms with Crippen LogP contribution in [0.5, 0.6) is 0 Å². The number of benzene rings is 1. The van der Waals surface area contributed by atoms with Crippen molar-refractivity contribution in [3.8, 4) is 0 Å². The molecule has 0 saturated carbocycles. The average molecular weight is 313 g/mol. The maximum atomic E-state index is 12.5. The van der Waals surface area contributed by atoms with Crippen LogP contribution in [-0.4, -0.2) is 36.9 Å². The van der Waals surface area contributed by atoms with Gasteiger partial charge in [0.1, 0.15) is 0 Å². The van der Waals surface area contributed by atoms with Crippen molar-refractivity contribution in [2.75, 3.05) is 13.1 Å². The number of carbonyl (C=O) groups is 1. The van der Waals surface area contributed by atoms with Crippen LogP contribution >= 0.6 is 0 Å². The lowest BCUT2D eigenvalue weighted by Gasteiger charge is -2.20. The predicted octanol–water partition coefficient (Wildman–Crippen LogP) is 2.51. The molecule has 0 fully saturated rings. The fraction of sp³-hybridized carbons (Fsp3) is 0.533. The summed E-state index contributed by atoms with van der Waals surface area (Å²) >= 11 is 0. The highest BCUT2D eigenvalue weighted by molar-refractivity contribution is 7.89. The number of unbranched alkanes of at least 4 members (excludes halogenated alkanes) is 1. The molecule has 0 unspecified atom stereocenters. The molecule has 0 aromatic heterocycles. The van der Waals surface area contributed by atoms with Gasteiger partial charge in [-0.05, 0) is 30.5 Å². The van der Waals surface area contributed by atoms with E-state index in [4.69, 9.17) is 5.11 Å². The number of carboxylic acids is 1. The van der Waals surface area contributed by atoms with Gasteiger partial charge in [-0.25, -0.2) is 8.42 Å². The molecule has 0 bridgehead atoms. The zero-order chi connectivity index (χ0) is 15.9. The van der Waals surface area contributed by atoms with Gasteiger partial charge in [0.25, 0.3) is 0 Å². The van der Waals surface area contributed by atoms with Gasteiger partial charge in [0.05, 0.1) is 4.90 Å². The fourth-order valence-electron chi connectivity index (χ4n) is 2.01. The largest absolute Gasteiger partial charge is 0.481 e. The molecule has 0 aliphatic rings. The molecule has 6 heteroatoms. The number of carboxylic acid groups (broad SMARTS) is 1. The number of aryl methyl sites for hydroxylation is 1. The first-order chi connectivity index (χ1) is 9.91. The summed E-state index contributed by atoms with van der Waals surface area (Å²) < 4.78 is 26.4. The van der Waals surface area contributed by atoms with Crippen LogP contribution in [0.15, 0.2) is 29.2 Å². The van der Waals surface area contributed by atoms with Crippen molar-refractivity contribution >= 4 is 16.0 Å². The number of sulfonamides is 1. The second kappa shape index (κ2) is 8.14. The topological polar surface area (TPSA) is 74.7 Å². The van der Waals surface area contributed by atoms with E-state index in [9.17, 15) is 13.2 Å². The molecule has 0 saturated heterocycles. The molecule has 5 nitrogen and oxygen atoms in total. The highest BCUT2D eigenvalue weighted by Gasteiger charge is 2.22. The monoisotopic (exact) mass is 313 g/mol. The second-order valence-electron chi connectivity index (χ2n) is 4.89. The van der Waals surface area contributed by atoms with Gasteiger partial charge in [0, 0.05) is 19.5 Å². The highest BCUT2D eigenvalue weighted by Crippen LogP contribution is 2.17. The molecule has 118 valence electrons. The molecule has 0 heterocycles. The number of hydrogen-bond acceptors (Lipinski definition) is 3. The molecular formula is C15H23NO4S. The summed E-state index contributed by atoms with van der Waals surface area (Å²) in [6.07, 6.45) is 2.23. The van der Waals surface area contributed by atoms with Crippen LogP contribution in [0.4, 0.5) is 0 Å². The molecule has 1 N–H and O–H groups in total. The van der Waals surface area contributed by atoms with Crippen molar-refractivity contribution in [3.05, 3.63) is 29.8 Å². The number of rotatable bonds is 9. The first kappa shape index (κ1) is 17.7. The van der Waals surface area contributed by atoms with Gasteiger partial charge >= 0.3 is 5.97 Å². The van der Waals surface area contributed by atoms with Crippen LogP contribution in [0.1, 0.15) is 38.7 Å². The van der Waals surface area contributed by atoms with Gasteiger partial charge in [0.2, 0.25) is 10.0 Å². The molecule has 0 amide bonds. The minimum Gasteiger partial charge on any atom is -0.481 e. The van der Waals surface area contributed by atoms with Crippen LogP contribution in [0.3, 0.4) is 0 Å². The molecule has 21 heavy (non-hydrogen) atoms. The first-order valence-corrected chi connectivity index (χ1v) is 8.66. The lowest BCUT2D eigenvalue weighted by molar-refractivity contribution is -0.136. The average Bonchev–Trinajstić information content (AvgIpc) is 2.46. The summed E-state index contributed by atoms with van der Waals surface area (Å²) in [5.41, 5.74) is 0.827. The maximum Gasteiger partial charge on any atom is 0.303 e. The van der Waals surface area contributed by atoms with E-state index in [-0.39, 0.29) is 11.3 Å². The maximum absolute atomic E-state index is 12.5. The van der Waals surface area contributed by atoms with E-state index < -0.39 is 16.0 Å². The van der Waals surface area contributed by atoms with Gasteiger partial charge in [-0.15, -0.1) is 0 Å². The number of nitrogens with zero attached hydrogens (tertiary/aromatic N) is 1. The highest BCUT2D eigenvalue weighted by atomic mass is 32.2. The van der Waals surface area contributed by atoms with Crippen LogP contribution < -0.4 is 0 Å². The Balaban J connectivity index is 2.85. The van der Waals surface area contributed by atoms with Crippen molar-refractivity contribution in [1.29, 1.82) is 0 Å². The standard InChI is InChI=1S/C15H23NO4S/c1-3-5-12-16(4-2)21(19,20)14-9-6-13(7-10-14)8-11-15(17)18/h6-7,9-10H,3-5,8,11-12H2,1-2H3,(H,17,18). The van der Waals surface area contributed by atoms with Gasteiger partial charge in [0.15, 0.2) is 0 Å². The van der Waals surface area contributed by atoms with E-state index in [0.717, 1.165) is 18.4 Å². The Hall–Kier alpha value is -1.40. The third-order valence-corrected chi connectivity index (χ3v) is 5.29. The molecule has 1 aromatic carbocycles. The molecule has 1 rings (SSSR count). The summed E-state index contributed by atoms with van der Waals surface area (Å²) in [6, 6.07) is 6.48. The first-order valence-electron chi connectivity index (χ1n) is 7.22. The van der Waals surface area contributed by atoms with Gasteiger partial charge < -0.3 is 5.11 Å². The van der Waals surface area contributed by atoms with Crippen molar-refractivity contribution < 1.29 is 18.3 Å². The van der Waals surface area contributed by atoms with E-state index in [1.165, 1.54) is 4.31 Å². The third-order valence-electron chi connectivity index (χ3n) is 3.30. The van der Waals surface area contributed by atoms with Crippen LogP contribution in [0, 0.1) is 0 Å². The summed E-state index contributed by atoms with van der Waals surface area (Å²) in [5, 5.41) is 8.64. The van der Waals surface area contributed by atoms with Gasteiger partial charge in [-0.3, -0.25) is 4.79 Å². The SMILES string of the molecule is CCCCN(CC)S(=O)(=O)c1ccc(CCC(=O)O)cc1. The summed E-state index contributed by atoms with van der Waals surface area (Å²) in [4.78, 5) is 10.8. The molecule has 0 radical (unpaired) electrons. The lowest BCUT2D eigenvalue weighted by atomic mass is 10.1. The molecule has 0 atom stereocenters. The van der Waals surface area contributed by atoms with Crippen molar-refractivity contribution in [3.63, 3.8) is 0 Å². The Kier molecular flexibility index (Phi) is 6.84. The predicted molar refractivity (Wildman–Crippen MR) is 81.7 cm³/mol. The van der Waals surface area contributed by atoms with E-state index in [1.807, 2.05) is 13.8 Å². The van der Waals surface area contributed by atoms with Gasteiger partial charge in [-0.1, -0.05) is 32.4 Å². The summed E-state index contributed by atoms with van der Waals surface area (Å²) in [6.45, 7) is 4.82. The Morgan fingerprint density at radius 1 is 1.19 bits per heavy atom. The Bertz CT molecular complexity index is 552. The van der Waals surface area contributed by atoms with Crippen molar-refractivity contribution in [2.45, 2.75) is 44.4 Å². The van der Waals surface area contributed by atoms with Crippen LogP contribution in [0.25, 0.3) is 0 Å². The quantitative estimate of drug-likeness (QED) is 0.760. The minimum absolute atomic E-state index is 0.0453. The van der Waals surface area contributed by atoms with E-state index >= 15 is 0 Å². The molecule has 0 aliphatic carbocycles. The molecular weight excluding hydrogens is 290 g/mol. The molecule has 0 aliphatic heterocycles. The van der Waals surface area contributed by atoms with E-state index in [1.54, 1.807) is 24.3 Å². The van der Waals surface area contributed by atoms with Crippen molar-refractivity contribution in [2.24, 2.45) is 0 Å². The number of hydrogen-bond donors (Lipinski definition) is 1. The fourth-order valence-corrected chi connectivity index (χ4v) is 3.50. The smallest absolute Gasteiger partial charge is 0.303 e. The normalized spacial score (nSPS) is 11.8. The second-order valence-corrected chi connectivity index (χ2v) is 6.83. The van der Waals surface area contributed by atoms with Crippen LogP contribution in [-0.2, 0) is 21.2 Å².